The highest BCUT2D eigenvalue weighted by atomic mass is 32.2. The number of nitrogen functional groups attached to an aromatic ring is 1. The summed E-state index contributed by atoms with van der Waals surface area (Å²) in [6, 6.07) is 11.3. The molecule has 0 aliphatic carbocycles. The standard InChI is InChI=1S/C22H21FN6O3S/c1-13-6-7-14-15(8-9-17(23)19(14)28-33(30,31)29(2)3)20(13)32-21-16(5-4-11-25-21)18-10-12-26-22(24)27-18/h4-12,28H,1-3H3,(H2,24,26,27). The van der Waals surface area contributed by atoms with Gasteiger partial charge in [-0.25, -0.2) is 19.3 Å². The normalized spacial score (nSPS) is 11.7. The summed E-state index contributed by atoms with van der Waals surface area (Å²) in [5, 5.41) is 0.844. The Bertz CT molecular complexity index is 1460. The number of nitrogens with one attached hydrogen (secondary N) is 1. The van der Waals surface area contributed by atoms with Crippen molar-refractivity contribution >= 4 is 32.6 Å². The van der Waals surface area contributed by atoms with Crippen molar-refractivity contribution in [1.29, 1.82) is 0 Å². The largest absolute Gasteiger partial charge is 0.437 e. The molecule has 0 radical (unpaired) electrons. The summed E-state index contributed by atoms with van der Waals surface area (Å²) in [5.74, 6) is 0.0559. The van der Waals surface area contributed by atoms with Crippen LogP contribution in [0.15, 0.2) is 54.9 Å². The van der Waals surface area contributed by atoms with Gasteiger partial charge in [-0.2, -0.15) is 12.7 Å². The smallest absolute Gasteiger partial charge is 0.301 e. The second kappa shape index (κ2) is 8.60. The Hall–Kier alpha value is -3.83. The van der Waals surface area contributed by atoms with Gasteiger partial charge in [-0.15, -0.1) is 0 Å². The van der Waals surface area contributed by atoms with E-state index in [1.165, 1.54) is 32.4 Å². The van der Waals surface area contributed by atoms with E-state index in [-0.39, 0.29) is 17.5 Å². The maximum absolute atomic E-state index is 14.7. The lowest BCUT2D eigenvalue weighted by molar-refractivity contribution is 0.466. The summed E-state index contributed by atoms with van der Waals surface area (Å²) in [6.45, 7) is 1.83. The molecule has 0 fully saturated rings. The van der Waals surface area contributed by atoms with E-state index in [1.54, 1.807) is 36.5 Å². The fraction of sp³-hybridized carbons (Fsp3) is 0.136. The van der Waals surface area contributed by atoms with E-state index in [4.69, 9.17) is 10.5 Å². The van der Waals surface area contributed by atoms with Crippen molar-refractivity contribution in [2.24, 2.45) is 0 Å². The van der Waals surface area contributed by atoms with Gasteiger partial charge in [0.05, 0.1) is 16.9 Å². The van der Waals surface area contributed by atoms with Crippen molar-refractivity contribution in [1.82, 2.24) is 19.3 Å². The van der Waals surface area contributed by atoms with Crippen molar-refractivity contribution in [2.45, 2.75) is 6.92 Å². The van der Waals surface area contributed by atoms with Gasteiger partial charge in [0.25, 0.3) is 0 Å². The maximum atomic E-state index is 14.7. The van der Waals surface area contributed by atoms with Crippen LogP contribution < -0.4 is 15.2 Å². The van der Waals surface area contributed by atoms with Gasteiger partial charge in [0, 0.05) is 37.3 Å². The van der Waals surface area contributed by atoms with Crippen LogP contribution in [-0.2, 0) is 10.2 Å². The first-order valence-electron chi connectivity index (χ1n) is 9.81. The molecule has 0 spiro atoms. The molecule has 0 atom stereocenters. The van der Waals surface area contributed by atoms with Gasteiger partial charge in [-0.3, -0.25) is 4.72 Å². The van der Waals surface area contributed by atoms with Crippen LogP contribution >= 0.6 is 0 Å². The van der Waals surface area contributed by atoms with Crippen molar-refractivity contribution in [2.75, 3.05) is 24.6 Å². The number of aryl methyl sites for hydroxylation is 1. The fourth-order valence-corrected chi connectivity index (χ4v) is 3.86. The summed E-state index contributed by atoms with van der Waals surface area (Å²) in [5.41, 5.74) is 7.40. The molecule has 4 rings (SSSR count). The first-order valence-corrected chi connectivity index (χ1v) is 11.2. The zero-order chi connectivity index (χ0) is 23.8. The fourth-order valence-electron chi connectivity index (χ4n) is 3.21. The average molecular weight is 469 g/mol. The number of halogens is 1. The van der Waals surface area contributed by atoms with E-state index in [2.05, 4.69) is 19.7 Å². The van der Waals surface area contributed by atoms with Crippen LogP contribution in [0.1, 0.15) is 5.56 Å². The Balaban J connectivity index is 1.86. The highest BCUT2D eigenvalue weighted by Gasteiger charge is 2.21. The lowest BCUT2D eigenvalue weighted by Gasteiger charge is -2.18. The molecule has 11 heteroatoms. The van der Waals surface area contributed by atoms with Crippen LogP contribution in [0.25, 0.3) is 22.0 Å². The van der Waals surface area contributed by atoms with Crippen LogP contribution in [0.3, 0.4) is 0 Å². The molecule has 0 unspecified atom stereocenters. The summed E-state index contributed by atoms with van der Waals surface area (Å²) >= 11 is 0. The maximum Gasteiger partial charge on any atom is 0.301 e. The molecule has 3 N–H and O–H groups in total. The summed E-state index contributed by atoms with van der Waals surface area (Å²) in [7, 11) is -1.22. The topological polar surface area (TPSA) is 123 Å². The minimum Gasteiger partial charge on any atom is -0.437 e. The molecule has 0 bridgehead atoms. The van der Waals surface area contributed by atoms with E-state index in [1.807, 2.05) is 6.92 Å². The van der Waals surface area contributed by atoms with Gasteiger partial charge in [-0.05, 0) is 42.8 Å². The molecular formula is C22H21FN6O3S. The molecule has 4 aromatic rings. The summed E-state index contributed by atoms with van der Waals surface area (Å²) < 4.78 is 48.8. The molecule has 0 amide bonds. The van der Waals surface area contributed by atoms with Crippen molar-refractivity contribution in [3.63, 3.8) is 0 Å². The lowest BCUT2D eigenvalue weighted by Crippen LogP contribution is -2.29. The van der Waals surface area contributed by atoms with Gasteiger partial charge >= 0.3 is 10.2 Å². The zero-order valence-corrected chi connectivity index (χ0v) is 18.9. The van der Waals surface area contributed by atoms with Crippen molar-refractivity contribution in [3.05, 3.63) is 66.2 Å². The third kappa shape index (κ3) is 4.41. The molecule has 2 heterocycles. The molecule has 2 aromatic heterocycles. The number of nitrogens with two attached hydrogens (primary N) is 1. The molecule has 0 saturated carbocycles. The molecule has 33 heavy (non-hydrogen) atoms. The number of hydrogen-bond donors (Lipinski definition) is 2. The van der Waals surface area contributed by atoms with E-state index >= 15 is 0 Å². The second-order valence-corrected chi connectivity index (χ2v) is 9.26. The number of fused-ring (bicyclic) bond motifs is 1. The van der Waals surface area contributed by atoms with E-state index < -0.39 is 16.0 Å². The molecule has 170 valence electrons. The van der Waals surface area contributed by atoms with Gasteiger partial charge in [0.15, 0.2) is 0 Å². The third-order valence-corrected chi connectivity index (χ3v) is 6.35. The molecule has 0 saturated heterocycles. The highest BCUT2D eigenvalue weighted by molar-refractivity contribution is 7.90. The van der Waals surface area contributed by atoms with Gasteiger partial charge in [-0.1, -0.05) is 12.1 Å². The molecule has 0 aliphatic heterocycles. The summed E-state index contributed by atoms with van der Waals surface area (Å²) in [4.78, 5) is 12.5. The van der Waals surface area contributed by atoms with Crippen LogP contribution in [0.2, 0.25) is 0 Å². The number of aromatic nitrogens is 3. The van der Waals surface area contributed by atoms with Crippen LogP contribution in [0.4, 0.5) is 16.0 Å². The molecule has 2 aromatic carbocycles. The van der Waals surface area contributed by atoms with E-state index in [0.717, 1.165) is 9.87 Å². The molecule has 0 aliphatic rings. The number of ether oxygens (including phenoxy) is 1. The number of pyridine rings is 1. The number of rotatable bonds is 6. The van der Waals surface area contributed by atoms with Gasteiger partial charge in [0.1, 0.15) is 11.6 Å². The number of nitrogens with zero attached hydrogens (tertiary/aromatic N) is 4. The van der Waals surface area contributed by atoms with Gasteiger partial charge < -0.3 is 10.5 Å². The van der Waals surface area contributed by atoms with Crippen LogP contribution in [-0.4, -0.2) is 41.8 Å². The van der Waals surface area contributed by atoms with Crippen molar-refractivity contribution in [3.8, 4) is 22.9 Å². The Labute approximate surface area is 190 Å². The Morgan fingerprint density at radius 2 is 1.79 bits per heavy atom. The van der Waals surface area contributed by atoms with Crippen molar-refractivity contribution < 1.29 is 17.5 Å². The predicted molar refractivity (Wildman–Crippen MR) is 125 cm³/mol. The van der Waals surface area contributed by atoms with Crippen LogP contribution in [0.5, 0.6) is 11.6 Å². The Kier molecular flexibility index (Phi) is 5.83. The monoisotopic (exact) mass is 468 g/mol. The molecular weight excluding hydrogens is 447 g/mol. The lowest BCUT2D eigenvalue weighted by atomic mass is 10.0. The number of benzene rings is 2. The second-order valence-electron chi connectivity index (χ2n) is 7.38. The minimum absolute atomic E-state index is 0.108. The van der Waals surface area contributed by atoms with Crippen LogP contribution in [0, 0.1) is 12.7 Å². The minimum atomic E-state index is -3.93. The Morgan fingerprint density at radius 1 is 1.03 bits per heavy atom. The SMILES string of the molecule is Cc1ccc2c(NS(=O)(=O)N(C)C)c(F)ccc2c1Oc1ncccc1-c1ccnc(N)n1. The highest BCUT2D eigenvalue weighted by Crippen LogP contribution is 2.39. The Morgan fingerprint density at radius 3 is 2.52 bits per heavy atom. The number of hydrogen-bond acceptors (Lipinski definition) is 7. The summed E-state index contributed by atoms with van der Waals surface area (Å²) in [6.07, 6.45) is 3.10. The van der Waals surface area contributed by atoms with E-state index in [9.17, 15) is 12.8 Å². The first kappa shape index (κ1) is 22.4. The average Bonchev–Trinajstić information content (AvgIpc) is 2.77. The van der Waals surface area contributed by atoms with Gasteiger partial charge in [0.2, 0.25) is 11.8 Å². The first-order chi connectivity index (χ1) is 15.7. The molecule has 9 nitrogen and oxygen atoms in total. The quantitative estimate of drug-likeness (QED) is 0.442. The zero-order valence-electron chi connectivity index (χ0n) is 18.1. The van der Waals surface area contributed by atoms with E-state index in [0.29, 0.717) is 27.8 Å². The predicted octanol–water partition coefficient (Wildman–Crippen LogP) is 3.73. The third-order valence-electron chi connectivity index (χ3n) is 4.93. The number of anilines is 2.